The van der Waals surface area contributed by atoms with Crippen LogP contribution in [0.4, 0.5) is 5.69 Å². The number of hydrogen-bond donors (Lipinski definition) is 0. The van der Waals surface area contributed by atoms with Crippen molar-refractivity contribution in [2.24, 2.45) is 0 Å². The van der Waals surface area contributed by atoms with E-state index in [-0.39, 0.29) is 10.6 Å². The summed E-state index contributed by atoms with van der Waals surface area (Å²) in [6, 6.07) is 8.51. The highest BCUT2D eigenvalue weighted by molar-refractivity contribution is 5.39. The molecule has 0 aliphatic carbocycles. The summed E-state index contributed by atoms with van der Waals surface area (Å²) in [6.07, 6.45) is 0. The maximum atomic E-state index is 11.1. The largest absolute Gasteiger partial charge is 0.312 e. The Kier molecular flexibility index (Phi) is 5.15. The first kappa shape index (κ1) is 17.6. The number of benzene rings is 1. The highest BCUT2D eigenvalue weighted by Crippen LogP contribution is 2.22. The zero-order chi connectivity index (χ0) is 18.0. The molecule has 0 bridgehead atoms. The minimum Gasteiger partial charge on any atom is -0.297 e. The highest BCUT2D eigenvalue weighted by Gasteiger charge is 2.24. The fourth-order valence-corrected chi connectivity index (χ4v) is 3.40. The van der Waals surface area contributed by atoms with Crippen molar-refractivity contribution in [1.82, 2.24) is 19.6 Å². The van der Waals surface area contributed by atoms with Crippen LogP contribution in [0.5, 0.6) is 0 Å². The van der Waals surface area contributed by atoms with Crippen molar-refractivity contribution in [1.29, 1.82) is 0 Å². The van der Waals surface area contributed by atoms with Gasteiger partial charge in [-0.15, -0.1) is 0 Å². The Labute approximate surface area is 148 Å². The Balaban J connectivity index is 1.57. The second-order valence-corrected chi connectivity index (χ2v) is 6.74. The van der Waals surface area contributed by atoms with E-state index in [2.05, 4.69) is 46.1 Å². The van der Waals surface area contributed by atoms with E-state index >= 15 is 0 Å². The van der Waals surface area contributed by atoms with E-state index in [9.17, 15) is 10.1 Å². The molecular weight excluding hydrogens is 318 g/mol. The quantitative estimate of drug-likeness (QED) is 0.616. The number of hydrogen-bond acceptors (Lipinski definition) is 5. The molecule has 0 saturated carbocycles. The van der Waals surface area contributed by atoms with Gasteiger partial charge in [0, 0.05) is 32.7 Å². The molecule has 0 N–H and O–H groups in total. The van der Waals surface area contributed by atoms with Crippen molar-refractivity contribution in [3.63, 3.8) is 0 Å². The number of rotatable bonds is 5. The molecule has 3 rings (SSSR count). The molecule has 7 nitrogen and oxygen atoms in total. The van der Waals surface area contributed by atoms with Crippen LogP contribution >= 0.6 is 0 Å². The van der Waals surface area contributed by atoms with Crippen molar-refractivity contribution in [3.05, 3.63) is 56.9 Å². The van der Waals surface area contributed by atoms with Crippen LogP contribution in [-0.2, 0) is 13.2 Å². The van der Waals surface area contributed by atoms with Gasteiger partial charge in [0.1, 0.15) is 11.4 Å². The Morgan fingerprint density at radius 2 is 1.72 bits per heavy atom. The van der Waals surface area contributed by atoms with Gasteiger partial charge in [-0.1, -0.05) is 24.3 Å². The molecule has 7 heteroatoms. The minimum absolute atomic E-state index is 0.137. The van der Waals surface area contributed by atoms with Crippen LogP contribution in [0, 0.1) is 30.9 Å². The molecule has 1 aromatic carbocycles. The van der Waals surface area contributed by atoms with E-state index in [1.54, 1.807) is 18.5 Å². The van der Waals surface area contributed by atoms with Gasteiger partial charge in [-0.3, -0.25) is 19.9 Å². The van der Waals surface area contributed by atoms with Crippen molar-refractivity contribution in [3.8, 4) is 0 Å². The maximum absolute atomic E-state index is 11.1. The van der Waals surface area contributed by atoms with Gasteiger partial charge in [0.05, 0.1) is 11.6 Å². The maximum Gasteiger partial charge on any atom is 0.312 e. The van der Waals surface area contributed by atoms with E-state index in [0.29, 0.717) is 18.1 Å². The molecule has 1 aromatic heterocycles. The highest BCUT2D eigenvalue weighted by atomic mass is 16.6. The Bertz CT molecular complexity index is 763. The lowest BCUT2D eigenvalue weighted by Crippen LogP contribution is -2.46. The average Bonchev–Trinajstić information content (AvgIpc) is 2.85. The fraction of sp³-hybridized carbons (Fsp3) is 0.500. The number of piperazine rings is 1. The third-order valence-corrected chi connectivity index (χ3v) is 4.98. The summed E-state index contributed by atoms with van der Waals surface area (Å²) in [4.78, 5) is 15.5. The second kappa shape index (κ2) is 7.33. The number of nitrogens with zero attached hydrogens (tertiary/aromatic N) is 5. The van der Waals surface area contributed by atoms with Gasteiger partial charge >= 0.3 is 5.69 Å². The summed E-state index contributed by atoms with van der Waals surface area (Å²) in [5, 5.41) is 15.5. The summed E-state index contributed by atoms with van der Waals surface area (Å²) in [7, 11) is 0. The first-order valence-electron chi connectivity index (χ1n) is 8.63. The smallest absolute Gasteiger partial charge is 0.297 e. The lowest BCUT2D eigenvalue weighted by Gasteiger charge is -2.34. The number of aryl methyl sites for hydroxylation is 2. The lowest BCUT2D eigenvalue weighted by atomic mass is 10.1. The molecule has 134 valence electrons. The Hall–Kier alpha value is -2.25. The van der Waals surface area contributed by atoms with Crippen LogP contribution in [0.1, 0.15) is 22.5 Å². The SMILES string of the molecule is Cc1ccccc1CN1CCN(Cn2nc(C)c([N+](=O)[O-])c2C)CC1. The molecule has 0 radical (unpaired) electrons. The minimum atomic E-state index is -0.339. The van der Waals surface area contributed by atoms with E-state index in [0.717, 1.165) is 32.7 Å². The van der Waals surface area contributed by atoms with E-state index in [4.69, 9.17) is 0 Å². The molecular formula is C18H25N5O2. The fourth-order valence-electron chi connectivity index (χ4n) is 3.40. The molecule has 0 spiro atoms. The standard InChI is InChI=1S/C18H25N5O2/c1-14-6-4-5-7-17(14)12-20-8-10-21(11-9-20)13-22-16(3)18(23(24)25)15(2)19-22/h4-7H,8-13H2,1-3H3. The van der Waals surface area contributed by atoms with Crippen molar-refractivity contribution >= 4 is 5.69 Å². The van der Waals surface area contributed by atoms with Crippen molar-refractivity contribution < 1.29 is 4.92 Å². The van der Waals surface area contributed by atoms with Crippen LogP contribution < -0.4 is 0 Å². The van der Waals surface area contributed by atoms with Crippen LogP contribution in [0.25, 0.3) is 0 Å². The van der Waals surface area contributed by atoms with Gasteiger partial charge in [-0.2, -0.15) is 5.10 Å². The Morgan fingerprint density at radius 3 is 2.32 bits per heavy atom. The first-order valence-corrected chi connectivity index (χ1v) is 8.63. The second-order valence-electron chi connectivity index (χ2n) is 6.74. The molecule has 1 aliphatic heterocycles. The van der Waals surface area contributed by atoms with Gasteiger partial charge in [-0.05, 0) is 31.9 Å². The van der Waals surface area contributed by atoms with E-state index in [1.165, 1.54) is 11.1 Å². The summed E-state index contributed by atoms with van der Waals surface area (Å²) in [5.41, 5.74) is 3.97. The van der Waals surface area contributed by atoms with Gasteiger partial charge in [0.15, 0.2) is 0 Å². The molecule has 2 aromatic rings. The van der Waals surface area contributed by atoms with Crippen LogP contribution in [0.3, 0.4) is 0 Å². The number of nitro groups is 1. The molecule has 25 heavy (non-hydrogen) atoms. The van der Waals surface area contributed by atoms with Gasteiger partial charge < -0.3 is 0 Å². The summed E-state index contributed by atoms with van der Waals surface area (Å²) in [5.74, 6) is 0. The molecule has 0 amide bonds. The van der Waals surface area contributed by atoms with Crippen molar-refractivity contribution in [2.45, 2.75) is 34.0 Å². The lowest BCUT2D eigenvalue weighted by molar-refractivity contribution is -0.386. The van der Waals surface area contributed by atoms with Crippen LogP contribution in [-0.4, -0.2) is 50.7 Å². The van der Waals surface area contributed by atoms with Crippen LogP contribution in [0.15, 0.2) is 24.3 Å². The molecule has 0 atom stereocenters. The average molecular weight is 343 g/mol. The molecule has 1 fully saturated rings. The van der Waals surface area contributed by atoms with Gasteiger partial charge in [0.25, 0.3) is 0 Å². The third-order valence-electron chi connectivity index (χ3n) is 4.98. The van der Waals surface area contributed by atoms with Crippen LogP contribution in [0.2, 0.25) is 0 Å². The zero-order valence-corrected chi connectivity index (χ0v) is 15.1. The topological polar surface area (TPSA) is 67.4 Å². The molecule has 1 aliphatic rings. The zero-order valence-electron chi connectivity index (χ0n) is 15.1. The molecule has 0 unspecified atom stereocenters. The monoisotopic (exact) mass is 343 g/mol. The first-order chi connectivity index (χ1) is 12.0. The molecule has 2 heterocycles. The van der Waals surface area contributed by atoms with E-state index < -0.39 is 0 Å². The summed E-state index contributed by atoms with van der Waals surface area (Å²) in [6.45, 7) is 11.1. The van der Waals surface area contributed by atoms with Gasteiger partial charge in [-0.25, -0.2) is 4.68 Å². The number of aromatic nitrogens is 2. The van der Waals surface area contributed by atoms with Crippen molar-refractivity contribution in [2.75, 3.05) is 26.2 Å². The van der Waals surface area contributed by atoms with Gasteiger partial charge in [0.2, 0.25) is 0 Å². The predicted octanol–water partition coefficient (Wildman–Crippen LogP) is 2.49. The normalized spacial score (nSPS) is 16.3. The Morgan fingerprint density at radius 1 is 1.08 bits per heavy atom. The summed E-state index contributed by atoms with van der Waals surface area (Å²) < 4.78 is 1.75. The summed E-state index contributed by atoms with van der Waals surface area (Å²) >= 11 is 0. The third kappa shape index (κ3) is 3.88. The van der Waals surface area contributed by atoms with E-state index in [1.807, 2.05) is 0 Å². The molecule has 1 saturated heterocycles. The predicted molar refractivity (Wildman–Crippen MR) is 96.4 cm³/mol.